The van der Waals surface area contributed by atoms with Crippen molar-refractivity contribution in [3.05, 3.63) is 17.8 Å². The maximum absolute atomic E-state index is 13.0. The minimum Gasteiger partial charge on any atom is -0.481 e. The molecule has 0 radical (unpaired) electrons. The molecule has 2 fully saturated rings. The Morgan fingerprint density at radius 2 is 1.92 bits per heavy atom. The van der Waals surface area contributed by atoms with E-state index in [0.29, 0.717) is 26.1 Å². The Hall–Kier alpha value is -2.22. The fraction of sp³-hybridized carbons (Fsp3) is 0.556. The fourth-order valence-corrected chi connectivity index (χ4v) is 4.76. The second-order valence-corrected chi connectivity index (χ2v) is 7.98. The van der Waals surface area contributed by atoms with Crippen LogP contribution in [0, 0.1) is 11.8 Å². The highest BCUT2D eigenvalue weighted by molar-refractivity contribution is 7.16. The summed E-state index contributed by atoms with van der Waals surface area (Å²) in [5.41, 5.74) is 0. The molecule has 2 aromatic rings. The van der Waals surface area contributed by atoms with Gasteiger partial charge in [-0.3, -0.25) is 9.59 Å². The van der Waals surface area contributed by atoms with Gasteiger partial charge in [0.2, 0.25) is 5.91 Å². The second-order valence-electron chi connectivity index (χ2n) is 7.08. The van der Waals surface area contributed by atoms with Gasteiger partial charge in [-0.15, -0.1) is 11.3 Å². The molecule has 2 aliphatic rings. The topological polar surface area (TPSA) is 86.6 Å². The van der Waals surface area contributed by atoms with E-state index in [1.54, 1.807) is 22.6 Å². The third-order valence-corrected chi connectivity index (χ3v) is 6.21. The molecule has 2 atom stereocenters. The Bertz CT molecular complexity index is 824. The summed E-state index contributed by atoms with van der Waals surface area (Å²) in [4.78, 5) is 37.9. The van der Waals surface area contributed by atoms with Crippen LogP contribution < -0.4 is 4.90 Å². The van der Waals surface area contributed by atoms with E-state index in [1.807, 2.05) is 11.4 Å². The number of carbonyl (C=O) groups is 2. The van der Waals surface area contributed by atoms with Crippen molar-refractivity contribution in [2.24, 2.45) is 11.8 Å². The van der Waals surface area contributed by atoms with Gasteiger partial charge in [-0.05, 0) is 37.1 Å². The van der Waals surface area contributed by atoms with Crippen LogP contribution in [-0.4, -0.2) is 58.0 Å². The maximum Gasteiger partial charge on any atom is 0.308 e. The SMILES string of the molecule is O=C(O)C1CCCN(C(=O)C2CCCN(c3ncnc4sccc34)C2)C1. The van der Waals surface area contributed by atoms with Crippen molar-refractivity contribution < 1.29 is 14.7 Å². The number of aliphatic carboxylic acids is 1. The molecule has 0 spiro atoms. The molecule has 2 aliphatic heterocycles. The summed E-state index contributed by atoms with van der Waals surface area (Å²) < 4.78 is 0. The first-order chi connectivity index (χ1) is 12.6. The number of fused-ring (bicyclic) bond motifs is 1. The molecule has 26 heavy (non-hydrogen) atoms. The summed E-state index contributed by atoms with van der Waals surface area (Å²) in [5.74, 6) is -0.333. The van der Waals surface area contributed by atoms with Crippen molar-refractivity contribution in [1.82, 2.24) is 14.9 Å². The lowest BCUT2D eigenvalue weighted by atomic mass is 9.93. The minimum absolute atomic E-state index is 0.0938. The van der Waals surface area contributed by atoms with Crippen LogP contribution in [0.1, 0.15) is 25.7 Å². The molecule has 2 saturated heterocycles. The zero-order chi connectivity index (χ0) is 18.1. The monoisotopic (exact) mass is 374 g/mol. The van der Waals surface area contributed by atoms with E-state index in [0.717, 1.165) is 41.8 Å². The Kier molecular flexibility index (Phi) is 4.76. The molecule has 8 heteroatoms. The van der Waals surface area contributed by atoms with Crippen LogP contribution in [-0.2, 0) is 9.59 Å². The first-order valence-corrected chi connectivity index (χ1v) is 9.96. The van der Waals surface area contributed by atoms with Crippen LogP contribution in [0.4, 0.5) is 5.82 Å². The first kappa shape index (κ1) is 17.2. The van der Waals surface area contributed by atoms with E-state index in [4.69, 9.17) is 0 Å². The Morgan fingerprint density at radius 3 is 2.77 bits per heavy atom. The fourth-order valence-electron chi connectivity index (χ4n) is 4.04. The number of hydrogen-bond acceptors (Lipinski definition) is 6. The highest BCUT2D eigenvalue weighted by Crippen LogP contribution is 2.31. The molecular weight excluding hydrogens is 352 g/mol. The maximum atomic E-state index is 13.0. The Labute approximate surface area is 155 Å². The summed E-state index contributed by atoms with van der Waals surface area (Å²) >= 11 is 1.59. The third-order valence-electron chi connectivity index (χ3n) is 5.39. The van der Waals surface area contributed by atoms with Gasteiger partial charge in [0.15, 0.2) is 0 Å². The smallest absolute Gasteiger partial charge is 0.308 e. The number of piperidine rings is 2. The van der Waals surface area contributed by atoms with Gasteiger partial charge >= 0.3 is 5.97 Å². The number of carboxylic acid groups (broad SMARTS) is 1. The molecule has 1 N–H and O–H groups in total. The lowest BCUT2D eigenvalue weighted by Gasteiger charge is -2.38. The van der Waals surface area contributed by atoms with Crippen molar-refractivity contribution >= 4 is 39.2 Å². The predicted molar refractivity (Wildman–Crippen MR) is 99.3 cm³/mol. The average molecular weight is 374 g/mol. The molecule has 2 unspecified atom stereocenters. The summed E-state index contributed by atoms with van der Waals surface area (Å²) in [6, 6.07) is 2.03. The van der Waals surface area contributed by atoms with Gasteiger partial charge in [0.25, 0.3) is 0 Å². The largest absolute Gasteiger partial charge is 0.481 e. The highest BCUT2D eigenvalue weighted by atomic mass is 32.1. The van der Waals surface area contributed by atoms with E-state index >= 15 is 0 Å². The molecule has 0 aromatic carbocycles. The van der Waals surface area contributed by atoms with E-state index < -0.39 is 11.9 Å². The number of carbonyl (C=O) groups excluding carboxylic acids is 1. The van der Waals surface area contributed by atoms with Crippen molar-refractivity contribution in [3.63, 3.8) is 0 Å². The van der Waals surface area contributed by atoms with E-state index in [2.05, 4.69) is 14.9 Å². The molecule has 0 bridgehead atoms. The molecule has 7 nitrogen and oxygen atoms in total. The van der Waals surface area contributed by atoms with Crippen molar-refractivity contribution in [2.75, 3.05) is 31.1 Å². The predicted octanol–water partition coefficient (Wildman–Crippen LogP) is 2.23. The highest BCUT2D eigenvalue weighted by Gasteiger charge is 2.34. The van der Waals surface area contributed by atoms with Crippen LogP contribution in [0.15, 0.2) is 17.8 Å². The quantitative estimate of drug-likeness (QED) is 0.887. The lowest BCUT2D eigenvalue weighted by Crippen LogP contribution is -2.49. The Balaban J connectivity index is 1.49. The zero-order valence-electron chi connectivity index (χ0n) is 14.5. The van der Waals surface area contributed by atoms with Crippen molar-refractivity contribution in [3.8, 4) is 0 Å². The van der Waals surface area contributed by atoms with E-state index in [1.165, 1.54) is 0 Å². The third kappa shape index (κ3) is 3.25. The molecule has 138 valence electrons. The summed E-state index contributed by atoms with van der Waals surface area (Å²) in [6.07, 6.45) is 4.79. The van der Waals surface area contributed by atoms with Gasteiger partial charge in [-0.2, -0.15) is 0 Å². The molecular formula is C18H22N4O3S. The molecule has 2 aromatic heterocycles. The summed E-state index contributed by atoms with van der Waals surface area (Å²) in [7, 11) is 0. The van der Waals surface area contributed by atoms with Crippen LogP contribution in [0.25, 0.3) is 10.2 Å². The number of nitrogens with zero attached hydrogens (tertiary/aromatic N) is 4. The standard InChI is InChI=1S/C18H22N4O3S/c23-17(22-7-2-4-13(10-22)18(24)25)12-3-1-6-21(9-12)15-14-5-8-26-16(14)20-11-19-15/h5,8,11-13H,1-4,6-7,9-10H2,(H,24,25). The number of likely N-dealkylation sites (tertiary alicyclic amines) is 1. The van der Waals surface area contributed by atoms with Gasteiger partial charge in [-0.1, -0.05) is 0 Å². The number of anilines is 1. The average Bonchev–Trinajstić information content (AvgIpc) is 3.16. The minimum atomic E-state index is -0.798. The van der Waals surface area contributed by atoms with Gasteiger partial charge < -0.3 is 14.9 Å². The number of carboxylic acids is 1. The molecule has 4 rings (SSSR count). The molecule has 1 amide bonds. The Morgan fingerprint density at radius 1 is 1.12 bits per heavy atom. The van der Waals surface area contributed by atoms with Crippen LogP contribution >= 0.6 is 11.3 Å². The van der Waals surface area contributed by atoms with Crippen molar-refractivity contribution in [1.29, 1.82) is 0 Å². The first-order valence-electron chi connectivity index (χ1n) is 9.08. The van der Waals surface area contributed by atoms with Gasteiger partial charge in [0.05, 0.1) is 17.2 Å². The summed E-state index contributed by atoms with van der Waals surface area (Å²) in [5, 5.41) is 12.3. The van der Waals surface area contributed by atoms with Gasteiger partial charge in [0, 0.05) is 26.2 Å². The zero-order valence-corrected chi connectivity index (χ0v) is 15.3. The van der Waals surface area contributed by atoms with Gasteiger partial charge in [0.1, 0.15) is 17.0 Å². The van der Waals surface area contributed by atoms with E-state index in [9.17, 15) is 14.7 Å². The van der Waals surface area contributed by atoms with E-state index in [-0.39, 0.29) is 11.8 Å². The number of thiophene rings is 1. The second kappa shape index (κ2) is 7.19. The molecule has 0 aliphatic carbocycles. The van der Waals surface area contributed by atoms with Crippen LogP contribution in [0.2, 0.25) is 0 Å². The molecule has 4 heterocycles. The summed E-state index contributed by atoms with van der Waals surface area (Å²) in [6.45, 7) is 2.52. The number of aromatic nitrogens is 2. The molecule has 0 saturated carbocycles. The normalized spacial score (nSPS) is 24.0. The van der Waals surface area contributed by atoms with Gasteiger partial charge in [-0.25, -0.2) is 9.97 Å². The van der Waals surface area contributed by atoms with Crippen LogP contribution in [0.5, 0.6) is 0 Å². The number of amides is 1. The van der Waals surface area contributed by atoms with Crippen molar-refractivity contribution in [2.45, 2.75) is 25.7 Å². The van der Waals surface area contributed by atoms with Crippen LogP contribution in [0.3, 0.4) is 0 Å². The lowest BCUT2D eigenvalue weighted by molar-refractivity contribution is -0.146. The number of hydrogen-bond donors (Lipinski definition) is 1. The number of rotatable bonds is 3.